The number of para-hydroxylation sites is 1. The first kappa shape index (κ1) is 17.2. The second-order valence-electron chi connectivity index (χ2n) is 5.50. The first-order valence-electron chi connectivity index (χ1n) is 8.19. The molecule has 3 aromatic rings. The highest BCUT2D eigenvalue weighted by Gasteiger charge is 2.14. The Hall–Kier alpha value is -2.60. The molecule has 5 nitrogen and oxygen atoms in total. The first-order chi connectivity index (χ1) is 12.2. The monoisotopic (exact) mass is 356 g/mol. The van der Waals surface area contributed by atoms with Crippen LogP contribution in [0.4, 0.5) is 5.13 Å². The minimum absolute atomic E-state index is 0.224. The number of methoxy groups -OCH3 is 1. The van der Waals surface area contributed by atoms with Gasteiger partial charge >= 0.3 is 0 Å². The van der Waals surface area contributed by atoms with E-state index in [9.17, 15) is 4.79 Å². The third kappa shape index (κ3) is 4.09. The standard InChI is InChI=1S/C19H20N2O3S/c1-3-4-11-24-16-8-6-5-7-14(16)18(22)21-19-20-15-10-9-13(23-2)12-17(15)25-19/h5-10,12H,3-4,11H2,1-2H3,(H,20,21,22). The van der Waals surface area contributed by atoms with Crippen LogP contribution in [0.2, 0.25) is 0 Å². The van der Waals surface area contributed by atoms with Crippen LogP contribution >= 0.6 is 11.3 Å². The van der Waals surface area contributed by atoms with Gasteiger partial charge < -0.3 is 9.47 Å². The Labute approximate surface area is 150 Å². The number of carbonyl (C=O) groups is 1. The van der Waals surface area contributed by atoms with Crippen molar-refractivity contribution in [3.05, 3.63) is 48.0 Å². The smallest absolute Gasteiger partial charge is 0.261 e. The molecule has 0 atom stereocenters. The summed E-state index contributed by atoms with van der Waals surface area (Å²) in [4.78, 5) is 17.1. The van der Waals surface area contributed by atoms with Crippen molar-refractivity contribution in [2.75, 3.05) is 19.0 Å². The number of unbranched alkanes of at least 4 members (excludes halogenated alkanes) is 1. The number of anilines is 1. The Morgan fingerprint density at radius 3 is 2.88 bits per heavy atom. The highest BCUT2D eigenvalue weighted by Crippen LogP contribution is 2.30. The second-order valence-corrected chi connectivity index (χ2v) is 6.54. The van der Waals surface area contributed by atoms with E-state index in [4.69, 9.17) is 9.47 Å². The third-order valence-corrected chi connectivity index (χ3v) is 4.64. The van der Waals surface area contributed by atoms with Crippen molar-refractivity contribution in [3.63, 3.8) is 0 Å². The molecule has 130 valence electrons. The Morgan fingerprint density at radius 1 is 1.24 bits per heavy atom. The Balaban J connectivity index is 1.78. The Bertz CT molecular complexity index is 876. The molecule has 0 unspecified atom stereocenters. The van der Waals surface area contributed by atoms with Gasteiger partial charge in [-0.05, 0) is 36.8 Å². The van der Waals surface area contributed by atoms with E-state index in [0.717, 1.165) is 28.8 Å². The largest absolute Gasteiger partial charge is 0.497 e. The summed E-state index contributed by atoms with van der Waals surface area (Å²) >= 11 is 1.41. The number of nitrogens with zero attached hydrogens (tertiary/aromatic N) is 1. The molecule has 1 aromatic heterocycles. The van der Waals surface area contributed by atoms with E-state index in [0.29, 0.717) is 23.1 Å². The number of ether oxygens (including phenoxy) is 2. The number of rotatable bonds is 7. The van der Waals surface area contributed by atoms with Crippen molar-refractivity contribution in [1.82, 2.24) is 4.98 Å². The Kier molecular flexibility index (Phi) is 5.50. The first-order valence-corrected chi connectivity index (χ1v) is 9.00. The zero-order valence-corrected chi connectivity index (χ0v) is 15.1. The molecule has 0 spiro atoms. The van der Waals surface area contributed by atoms with Crippen LogP contribution < -0.4 is 14.8 Å². The van der Waals surface area contributed by atoms with E-state index in [1.54, 1.807) is 13.2 Å². The summed E-state index contributed by atoms with van der Waals surface area (Å²) in [5.74, 6) is 1.14. The number of thiazole rings is 1. The summed E-state index contributed by atoms with van der Waals surface area (Å²) in [5, 5.41) is 3.42. The van der Waals surface area contributed by atoms with Crippen molar-refractivity contribution < 1.29 is 14.3 Å². The van der Waals surface area contributed by atoms with Gasteiger partial charge in [-0.25, -0.2) is 4.98 Å². The van der Waals surface area contributed by atoms with Crippen molar-refractivity contribution >= 4 is 32.6 Å². The maximum absolute atomic E-state index is 12.6. The highest BCUT2D eigenvalue weighted by molar-refractivity contribution is 7.22. The lowest BCUT2D eigenvalue weighted by atomic mass is 10.2. The molecule has 0 aliphatic carbocycles. The molecule has 0 radical (unpaired) electrons. The summed E-state index contributed by atoms with van der Waals surface area (Å²) < 4.78 is 11.9. The SMILES string of the molecule is CCCCOc1ccccc1C(=O)Nc1nc2ccc(OC)cc2s1. The van der Waals surface area contributed by atoms with Gasteiger partial charge in [-0.2, -0.15) is 0 Å². The molecule has 0 saturated heterocycles. The number of nitrogens with one attached hydrogen (secondary N) is 1. The number of hydrogen-bond acceptors (Lipinski definition) is 5. The fourth-order valence-electron chi connectivity index (χ4n) is 2.36. The van der Waals surface area contributed by atoms with Crippen molar-refractivity contribution in [2.45, 2.75) is 19.8 Å². The van der Waals surface area contributed by atoms with Crippen LogP contribution in [0, 0.1) is 0 Å². The van der Waals surface area contributed by atoms with Gasteiger partial charge in [0.1, 0.15) is 11.5 Å². The molecule has 0 bridgehead atoms. The predicted octanol–water partition coefficient (Wildman–Crippen LogP) is 4.74. The van der Waals surface area contributed by atoms with E-state index in [1.165, 1.54) is 11.3 Å². The summed E-state index contributed by atoms with van der Waals surface area (Å²) in [6, 6.07) is 12.9. The number of carbonyl (C=O) groups excluding carboxylic acids is 1. The molecule has 1 amide bonds. The number of benzene rings is 2. The van der Waals surface area contributed by atoms with Crippen molar-refractivity contribution in [3.8, 4) is 11.5 Å². The maximum Gasteiger partial charge on any atom is 0.261 e. The molecule has 0 aliphatic heterocycles. The average molecular weight is 356 g/mol. The Morgan fingerprint density at radius 2 is 2.08 bits per heavy atom. The molecule has 1 N–H and O–H groups in total. The van der Waals surface area contributed by atoms with Gasteiger partial charge in [-0.1, -0.05) is 36.8 Å². The minimum Gasteiger partial charge on any atom is -0.497 e. The number of hydrogen-bond donors (Lipinski definition) is 1. The zero-order valence-electron chi connectivity index (χ0n) is 14.2. The second kappa shape index (κ2) is 7.98. The van der Waals surface area contributed by atoms with Crippen LogP contribution in [-0.4, -0.2) is 24.6 Å². The van der Waals surface area contributed by atoms with Gasteiger partial charge in [0.05, 0.1) is 29.5 Å². The van der Waals surface area contributed by atoms with Gasteiger partial charge in [0.15, 0.2) is 5.13 Å². The molecule has 0 fully saturated rings. The van der Waals surface area contributed by atoms with E-state index >= 15 is 0 Å². The highest BCUT2D eigenvalue weighted by atomic mass is 32.1. The molecular formula is C19H20N2O3S. The maximum atomic E-state index is 12.6. The fourth-order valence-corrected chi connectivity index (χ4v) is 3.25. The zero-order chi connectivity index (χ0) is 17.6. The molecule has 0 aliphatic rings. The third-order valence-electron chi connectivity index (χ3n) is 3.70. The van der Waals surface area contributed by atoms with Gasteiger partial charge in [-0.15, -0.1) is 0 Å². The molecular weight excluding hydrogens is 336 g/mol. The molecule has 0 saturated carbocycles. The van der Waals surface area contributed by atoms with Gasteiger partial charge in [-0.3, -0.25) is 10.1 Å². The normalized spacial score (nSPS) is 10.6. The average Bonchev–Trinajstić information content (AvgIpc) is 3.03. The number of fused-ring (bicyclic) bond motifs is 1. The topological polar surface area (TPSA) is 60.5 Å². The van der Waals surface area contributed by atoms with Crippen LogP contribution in [-0.2, 0) is 0 Å². The lowest BCUT2D eigenvalue weighted by Crippen LogP contribution is -2.13. The molecule has 2 aromatic carbocycles. The van der Waals surface area contributed by atoms with Gasteiger partial charge in [0.25, 0.3) is 5.91 Å². The van der Waals surface area contributed by atoms with Crippen LogP contribution in [0.1, 0.15) is 30.1 Å². The lowest BCUT2D eigenvalue weighted by Gasteiger charge is -2.10. The molecule has 3 rings (SSSR count). The van der Waals surface area contributed by atoms with E-state index in [2.05, 4.69) is 17.2 Å². The van der Waals surface area contributed by atoms with Crippen LogP contribution in [0.3, 0.4) is 0 Å². The van der Waals surface area contributed by atoms with Gasteiger partial charge in [0, 0.05) is 0 Å². The number of aromatic nitrogens is 1. The lowest BCUT2D eigenvalue weighted by molar-refractivity contribution is 0.102. The molecule has 25 heavy (non-hydrogen) atoms. The van der Waals surface area contributed by atoms with E-state index in [-0.39, 0.29) is 5.91 Å². The summed E-state index contributed by atoms with van der Waals surface area (Å²) in [6.45, 7) is 2.70. The quantitative estimate of drug-likeness (QED) is 0.621. The minimum atomic E-state index is -0.224. The van der Waals surface area contributed by atoms with Crippen LogP contribution in [0.5, 0.6) is 11.5 Å². The summed E-state index contributed by atoms with van der Waals surface area (Å²) in [7, 11) is 1.63. The van der Waals surface area contributed by atoms with Crippen LogP contribution in [0.15, 0.2) is 42.5 Å². The summed E-state index contributed by atoms with van der Waals surface area (Å²) in [6.07, 6.45) is 2.00. The van der Waals surface area contributed by atoms with E-state index < -0.39 is 0 Å². The van der Waals surface area contributed by atoms with Crippen molar-refractivity contribution in [2.24, 2.45) is 0 Å². The van der Waals surface area contributed by atoms with E-state index in [1.807, 2.05) is 36.4 Å². The predicted molar refractivity (Wildman–Crippen MR) is 101 cm³/mol. The molecule has 1 heterocycles. The number of amides is 1. The molecule has 6 heteroatoms. The fraction of sp³-hybridized carbons (Fsp3) is 0.263. The van der Waals surface area contributed by atoms with Crippen LogP contribution in [0.25, 0.3) is 10.2 Å². The van der Waals surface area contributed by atoms with Crippen molar-refractivity contribution in [1.29, 1.82) is 0 Å². The van der Waals surface area contributed by atoms with Gasteiger partial charge in [0.2, 0.25) is 0 Å². The summed E-state index contributed by atoms with van der Waals surface area (Å²) in [5.41, 5.74) is 1.34.